The van der Waals surface area contributed by atoms with Crippen molar-refractivity contribution in [2.24, 2.45) is 0 Å². The van der Waals surface area contributed by atoms with Crippen LogP contribution in [0.3, 0.4) is 0 Å². The molecule has 27 heavy (non-hydrogen) atoms. The van der Waals surface area contributed by atoms with Crippen LogP contribution in [-0.4, -0.2) is 64.6 Å². The molecule has 0 aromatic carbocycles. The van der Waals surface area contributed by atoms with Crippen LogP contribution in [0.25, 0.3) is 0 Å². The lowest BCUT2D eigenvalue weighted by Crippen LogP contribution is -2.75. The van der Waals surface area contributed by atoms with Gasteiger partial charge >= 0.3 is 41.7 Å². The van der Waals surface area contributed by atoms with Gasteiger partial charge in [-0.2, -0.15) is 61.5 Å². The lowest BCUT2D eigenvalue weighted by atomic mass is 9.85. The molecule has 1 unspecified atom stereocenters. The van der Waals surface area contributed by atoms with E-state index < -0.39 is 60.8 Å². The molecular formula is C10H7F15O2. The Morgan fingerprint density at radius 3 is 1.15 bits per heavy atom. The van der Waals surface area contributed by atoms with E-state index in [0.29, 0.717) is 0 Å². The molecule has 0 saturated carbocycles. The maximum atomic E-state index is 13.2. The maximum absolute atomic E-state index is 13.2. The largest absolute Gasteiger partial charge is 0.438 e. The minimum Gasteiger partial charge on any atom is -0.394 e. The average Bonchev–Trinajstić information content (AvgIpc) is 2.42. The summed E-state index contributed by atoms with van der Waals surface area (Å²) in [6.07, 6.45) is -22.0. The van der Waals surface area contributed by atoms with Crippen LogP contribution >= 0.6 is 0 Å². The van der Waals surface area contributed by atoms with Gasteiger partial charge in [0.05, 0.1) is 12.7 Å². The molecule has 0 aliphatic carbocycles. The van der Waals surface area contributed by atoms with Gasteiger partial charge in [0.2, 0.25) is 0 Å². The zero-order valence-electron chi connectivity index (χ0n) is 12.1. The number of hydrogen-bond donors (Lipinski definition) is 2. The van der Waals surface area contributed by atoms with E-state index in [-0.39, 0.29) is 0 Å². The van der Waals surface area contributed by atoms with Gasteiger partial charge in [-0.05, 0) is 0 Å². The SMILES string of the molecule is OCC(O)CC(F)(F)C(F)(F)C(F)(F)C(F)(F)C(F)(C(F)(F)F)C(F)(F)F. The highest BCUT2D eigenvalue weighted by atomic mass is 19.4. The molecule has 17 heteroatoms. The van der Waals surface area contributed by atoms with Crippen LogP contribution < -0.4 is 0 Å². The minimum absolute atomic E-state index is 1.86. The van der Waals surface area contributed by atoms with Crippen molar-refractivity contribution < 1.29 is 76.1 Å². The van der Waals surface area contributed by atoms with E-state index in [4.69, 9.17) is 10.2 Å². The van der Waals surface area contributed by atoms with Crippen LogP contribution in [0.15, 0.2) is 0 Å². The van der Waals surface area contributed by atoms with Gasteiger partial charge in [0.25, 0.3) is 0 Å². The second kappa shape index (κ2) is 6.73. The Labute approximate surface area is 138 Å². The van der Waals surface area contributed by atoms with Crippen LogP contribution in [0.1, 0.15) is 6.42 Å². The Morgan fingerprint density at radius 1 is 0.556 bits per heavy atom. The quantitative estimate of drug-likeness (QED) is 0.581. The normalized spacial score (nSPS) is 17.2. The zero-order valence-corrected chi connectivity index (χ0v) is 12.1. The Hall–Kier alpha value is -1.13. The van der Waals surface area contributed by atoms with Gasteiger partial charge in [-0.3, -0.25) is 0 Å². The molecule has 0 radical (unpaired) electrons. The van der Waals surface area contributed by atoms with Crippen LogP contribution in [0.5, 0.6) is 0 Å². The molecule has 0 aromatic rings. The number of hydrogen-bond acceptors (Lipinski definition) is 2. The van der Waals surface area contributed by atoms with Gasteiger partial charge in [0, 0.05) is 6.42 Å². The summed E-state index contributed by atoms with van der Waals surface area (Å²) in [7, 11) is 0. The minimum atomic E-state index is -8.48. The van der Waals surface area contributed by atoms with Crippen molar-refractivity contribution >= 4 is 0 Å². The lowest BCUT2D eigenvalue weighted by molar-refractivity contribution is -0.457. The molecule has 1 atom stereocenters. The first kappa shape index (κ1) is 25.9. The second-order valence-electron chi connectivity index (χ2n) is 5.12. The Balaban J connectivity index is 6.60. The predicted octanol–water partition coefficient (Wildman–Crippen LogP) is 4.10. The summed E-state index contributed by atoms with van der Waals surface area (Å²) < 4.78 is 192. The number of alkyl halides is 15. The Kier molecular flexibility index (Phi) is 6.45. The smallest absolute Gasteiger partial charge is 0.394 e. The molecule has 164 valence electrons. The van der Waals surface area contributed by atoms with Gasteiger partial charge in [0.15, 0.2) is 0 Å². The highest BCUT2D eigenvalue weighted by Crippen LogP contribution is 2.64. The first-order valence-corrected chi connectivity index (χ1v) is 6.08. The summed E-state index contributed by atoms with van der Waals surface area (Å²) >= 11 is 0. The molecule has 0 bridgehead atoms. The van der Waals surface area contributed by atoms with Crippen molar-refractivity contribution in [3.05, 3.63) is 0 Å². The molecular weight excluding hydrogens is 437 g/mol. The van der Waals surface area contributed by atoms with Gasteiger partial charge in [-0.15, -0.1) is 0 Å². The molecule has 0 rings (SSSR count). The van der Waals surface area contributed by atoms with Crippen molar-refractivity contribution in [3.8, 4) is 0 Å². The number of aliphatic hydroxyl groups excluding tert-OH is 2. The van der Waals surface area contributed by atoms with Gasteiger partial charge in [0.1, 0.15) is 0 Å². The van der Waals surface area contributed by atoms with Crippen molar-refractivity contribution in [3.63, 3.8) is 0 Å². The summed E-state index contributed by atoms with van der Waals surface area (Å²) in [5, 5.41) is 16.7. The fraction of sp³-hybridized carbons (Fsp3) is 1.00. The third kappa shape index (κ3) is 3.63. The van der Waals surface area contributed by atoms with Gasteiger partial charge in [-0.25, -0.2) is 4.39 Å². The number of halogens is 15. The molecule has 0 aliphatic rings. The molecule has 0 aliphatic heterocycles. The molecule has 0 aromatic heterocycles. The van der Waals surface area contributed by atoms with Crippen LogP contribution in [0.4, 0.5) is 65.9 Å². The van der Waals surface area contributed by atoms with Crippen molar-refractivity contribution in [2.45, 2.75) is 54.2 Å². The second-order valence-corrected chi connectivity index (χ2v) is 5.12. The summed E-state index contributed by atoms with van der Waals surface area (Å²) in [4.78, 5) is 0. The van der Waals surface area contributed by atoms with E-state index in [0.717, 1.165) is 0 Å². The van der Waals surface area contributed by atoms with E-state index in [1.165, 1.54) is 0 Å². The van der Waals surface area contributed by atoms with E-state index in [1.54, 1.807) is 0 Å². The van der Waals surface area contributed by atoms with Crippen molar-refractivity contribution in [2.75, 3.05) is 6.61 Å². The standard InChI is InChI=1S/C10H7F15O2/c11-4(12,1-3(27)2-26)6(14,15)8(18,19)7(16,17)5(13,9(20,21)22)10(23,24)25/h3,26-27H,1-2H2. The summed E-state index contributed by atoms with van der Waals surface area (Å²) in [6, 6.07) is 0. The molecule has 0 amide bonds. The monoisotopic (exact) mass is 444 g/mol. The Bertz CT molecular complexity index is 506. The van der Waals surface area contributed by atoms with Crippen LogP contribution in [0, 0.1) is 0 Å². The summed E-state index contributed by atoms with van der Waals surface area (Å²) in [6.45, 7) is -1.86. The first-order valence-electron chi connectivity index (χ1n) is 6.08. The predicted molar refractivity (Wildman–Crippen MR) is 53.4 cm³/mol. The van der Waals surface area contributed by atoms with Crippen molar-refractivity contribution in [1.82, 2.24) is 0 Å². The van der Waals surface area contributed by atoms with E-state index in [9.17, 15) is 65.9 Å². The van der Waals surface area contributed by atoms with E-state index in [1.807, 2.05) is 0 Å². The molecule has 2 N–H and O–H groups in total. The molecule has 0 spiro atoms. The Morgan fingerprint density at radius 2 is 0.889 bits per heavy atom. The zero-order chi connectivity index (χ0) is 22.5. The molecule has 0 saturated heterocycles. The molecule has 2 nitrogen and oxygen atoms in total. The van der Waals surface area contributed by atoms with E-state index in [2.05, 4.69) is 0 Å². The summed E-state index contributed by atoms with van der Waals surface area (Å²) in [5.74, 6) is -31.1. The average molecular weight is 444 g/mol. The molecule has 0 heterocycles. The van der Waals surface area contributed by atoms with Crippen molar-refractivity contribution in [1.29, 1.82) is 0 Å². The van der Waals surface area contributed by atoms with Crippen LogP contribution in [-0.2, 0) is 0 Å². The fourth-order valence-corrected chi connectivity index (χ4v) is 1.65. The summed E-state index contributed by atoms with van der Waals surface area (Å²) in [5.41, 5.74) is -8.34. The third-order valence-corrected chi connectivity index (χ3v) is 3.16. The van der Waals surface area contributed by atoms with E-state index >= 15 is 0 Å². The van der Waals surface area contributed by atoms with Crippen LogP contribution in [0.2, 0.25) is 0 Å². The topological polar surface area (TPSA) is 40.5 Å². The maximum Gasteiger partial charge on any atom is 0.438 e. The number of aliphatic hydroxyl groups is 2. The highest BCUT2D eigenvalue weighted by molar-refractivity contribution is 5.16. The fourth-order valence-electron chi connectivity index (χ4n) is 1.65. The highest BCUT2D eigenvalue weighted by Gasteiger charge is 2.95. The van der Waals surface area contributed by atoms with Gasteiger partial charge < -0.3 is 10.2 Å². The molecule has 0 fully saturated rings. The first-order chi connectivity index (χ1) is 11.5. The lowest BCUT2D eigenvalue weighted by Gasteiger charge is -2.43. The van der Waals surface area contributed by atoms with Gasteiger partial charge in [-0.1, -0.05) is 0 Å². The number of rotatable bonds is 7. The third-order valence-electron chi connectivity index (χ3n) is 3.16.